The van der Waals surface area contributed by atoms with Gasteiger partial charge in [-0.3, -0.25) is 0 Å². The third-order valence-corrected chi connectivity index (χ3v) is 3.42. The number of halogens is 1. The number of nitrogen functional groups attached to an aromatic ring is 1. The Kier molecular flexibility index (Phi) is 2.36. The van der Waals surface area contributed by atoms with E-state index in [-0.39, 0.29) is 0 Å². The number of hydrogen-bond acceptors (Lipinski definition) is 2. The van der Waals surface area contributed by atoms with Gasteiger partial charge in [0.05, 0.1) is 9.47 Å². The summed E-state index contributed by atoms with van der Waals surface area (Å²) in [4.78, 5) is 1.33. The van der Waals surface area contributed by atoms with Crippen molar-refractivity contribution in [1.29, 1.82) is 0 Å². The highest BCUT2D eigenvalue weighted by molar-refractivity contribution is 9.11. The molecule has 1 aromatic rings. The van der Waals surface area contributed by atoms with Gasteiger partial charge in [0.25, 0.3) is 0 Å². The lowest BCUT2D eigenvalue weighted by Crippen LogP contribution is -1.89. The Morgan fingerprint density at radius 2 is 2.20 bits per heavy atom. The first kappa shape index (κ1) is 8.08. The third-order valence-electron chi connectivity index (χ3n) is 1.56. The molecule has 1 nitrogen and oxygen atoms in total. The Labute approximate surface area is 73.4 Å². The zero-order valence-corrected chi connectivity index (χ0v) is 8.47. The molecule has 0 amide bonds. The van der Waals surface area contributed by atoms with Gasteiger partial charge < -0.3 is 5.73 Å². The van der Waals surface area contributed by atoms with Gasteiger partial charge in [0, 0.05) is 4.88 Å². The largest absolute Gasteiger partial charge is 0.397 e. The van der Waals surface area contributed by atoms with Crippen LogP contribution in [0.15, 0.2) is 3.79 Å². The van der Waals surface area contributed by atoms with Gasteiger partial charge in [-0.15, -0.1) is 11.3 Å². The Hall–Kier alpha value is -0.0200. The maximum atomic E-state index is 5.78. The SMILES string of the molecule is CCc1c(C)sc(Br)c1N. The highest BCUT2D eigenvalue weighted by Gasteiger charge is 2.07. The van der Waals surface area contributed by atoms with Crippen LogP contribution in [0.4, 0.5) is 5.69 Å². The van der Waals surface area contributed by atoms with Gasteiger partial charge >= 0.3 is 0 Å². The van der Waals surface area contributed by atoms with Crippen LogP contribution < -0.4 is 5.73 Å². The molecule has 0 aliphatic heterocycles. The molecule has 0 aromatic carbocycles. The Morgan fingerprint density at radius 3 is 2.40 bits per heavy atom. The smallest absolute Gasteiger partial charge is 0.0933 e. The van der Waals surface area contributed by atoms with Gasteiger partial charge in [-0.2, -0.15) is 0 Å². The second-order valence-corrected chi connectivity index (χ2v) is 4.72. The number of aryl methyl sites for hydroxylation is 1. The van der Waals surface area contributed by atoms with E-state index in [0.29, 0.717) is 0 Å². The number of nitrogens with two attached hydrogens (primary N) is 1. The fourth-order valence-corrected chi connectivity index (χ4v) is 2.85. The summed E-state index contributed by atoms with van der Waals surface area (Å²) in [5.41, 5.74) is 7.99. The fraction of sp³-hybridized carbons (Fsp3) is 0.429. The number of rotatable bonds is 1. The van der Waals surface area contributed by atoms with Crippen molar-refractivity contribution in [3.05, 3.63) is 14.2 Å². The van der Waals surface area contributed by atoms with E-state index in [2.05, 4.69) is 29.8 Å². The molecule has 2 N–H and O–H groups in total. The lowest BCUT2D eigenvalue weighted by atomic mass is 10.2. The maximum Gasteiger partial charge on any atom is 0.0933 e. The second-order valence-electron chi connectivity index (χ2n) is 2.18. The molecular formula is C7H10BrNS. The monoisotopic (exact) mass is 219 g/mol. The van der Waals surface area contributed by atoms with E-state index in [4.69, 9.17) is 5.73 Å². The zero-order chi connectivity index (χ0) is 7.72. The molecule has 0 aliphatic rings. The molecule has 0 spiro atoms. The standard InChI is InChI=1S/C7H10BrNS/c1-3-5-4(2)10-7(8)6(5)9/h3,9H2,1-2H3. The molecule has 0 radical (unpaired) electrons. The van der Waals surface area contributed by atoms with Gasteiger partial charge in [-0.05, 0) is 34.8 Å². The maximum absolute atomic E-state index is 5.78. The summed E-state index contributed by atoms with van der Waals surface area (Å²) in [7, 11) is 0. The molecule has 1 heterocycles. The van der Waals surface area contributed by atoms with Gasteiger partial charge in [0.2, 0.25) is 0 Å². The molecule has 0 unspecified atom stereocenters. The summed E-state index contributed by atoms with van der Waals surface area (Å²) < 4.78 is 1.07. The lowest BCUT2D eigenvalue weighted by Gasteiger charge is -1.94. The van der Waals surface area contributed by atoms with Crippen LogP contribution in [0.25, 0.3) is 0 Å². The van der Waals surface area contributed by atoms with Crippen LogP contribution >= 0.6 is 27.3 Å². The summed E-state index contributed by atoms with van der Waals surface area (Å²) in [6, 6.07) is 0. The molecule has 1 aromatic heterocycles. The molecule has 0 atom stereocenters. The third kappa shape index (κ3) is 1.20. The van der Waals surface area contributed by atoms with Crippen molar-refractivity contribution in [1.82, 2.24) is 0 Å². The molecule has 1 rings (SSSR count). The lowest BCUT2D eigenvalue weighted by molar-refractivity contribution is 1.14. The van der Waals surface area contributed by atoms with Crippen LogP contribution in [0.2, 0.25) is 0 Å². The van der Waals surface area contributed by atoms with Crippen LogP contribution in [0.1, 0.15) is 17.4 Å². The van der Waals surface area contributed by atoms with Crippen molar-refractivity contribution >= 4 is 33.0 Å². The van der Waals surface area contributed by atoms with Crippen molar-refractivity contribution < 1.29 is 0 Å². The van der Waals surface area contributed by atoms with Gasteiger partial charge in [-0.25, -0.2) is 0 Å². The van der Waals surface area contributed by atoms with Crippen LogP contribution in [0, 0.1) is 6.92 Å². The number of anilines is 1. The summed E-state index contributed by atoms with van der Waals surface area (Å²) >= 11 is 5.11. The van der Waals surface area contributed by atoms with Gasteiger partial charge in [-0.1, -0.05) is 6.92 Å². The first-order valence-corrected chi connectivity index (χ1v) is 4.81. The number of thiophene rings is 1. The highest BCUT2D eigenvalue weighted by atomic mass is 79.9. The van der Waals surface area contributed by atoms with E-state index in [1.807, 2.05) is 0 Å². The summed E-state index contributed by atoms with van der Waals surface area (Å²) in [5, 5.41) is 0. The molecule has 0 saturated carbocycles. The van der Waals surface area contributed by atoms with E-state index >= 15 is 0 Å². The van der Waals surface area contributed by atoms with Gasteiger partial charge in [0.15, 0.2) is 0 Å². The van der Waals surface area contributed by atoms with E-state index in [1.165, 1.54) is 10.4 Å². The summed E-state index contributed by atoms with van der Waals surface area (Å²) in [6.07, 6.45) is 1.03. The zero-order valence-electron chi connectivity index (χ0n) is 6.07. The molecule has 10 heavy (non-hydrogen) atoms. The van der Waals surface area contributed by atoms with Crippen molar-refractivity contribution in [2.75, 3.05) is 5.73 Å². The minimum absolute atomic E-state index is 0.921. The van der Waals surface area contributed by atoms with Crippen LogP contribution in [0.5, 0.6) is 0 Å². The van der Waals surface area contributed by atoms with Crippen molar-refractivity contribution in [2.45, 2.75) is 20.3 Å². The predicted molar refractivity (Wildman–Crippen MR) is 50.5 cm³/mol. The molecule has 0 aliphatic carbocycles. The molecule has 0 bridgehead atoms. The van der Waals surface area contributed by atoms with Crippen LogP contribution in [0.3, 0.4) is 0 Å². The van der Waals surface area contributed by atoms with Crippen molar-refractivity contribution in [2.24, 2.45) is 0 Å². The average molecular weight is 220 g/mol. The topological polar surface area (TPSA) is 26.0 Å². The first-order chi connectivity index (χ1) is 4.66. The minimum Gasteiger partial charge on any atom is -0.397 e. The molecule has 0 fully saturated rings. The van der Waals surface area contributed by atoms with Crippen molar-refractivity contribution in [3.8, 4) is 0 Å². The fourth-order valence-electron chi connectivity index (χ4n) is 0.999. The Bertz CT molecular complexity index is 242. The van der Waals surface area contributed by atoms with Crippen LogP contribution in [-0.2, 0) is 6.42 Å². The van der Waals surface area contributed by atoms with Crippen LogP contribution in [-0.4, -0.2) is 0 Å². The van der Waals surface area contributed by atoms with E-state index in [1.54, 1.807) is 11.3 Å². The van der Waals surface area contributed by atoms with E-state index in [0.717, 1.165) is 15.9 Å². The molecular weight excluding hydrogens is 210 g/mol. The summed E-state index contributed by atoms with van der Waals surface area (Å²) in [6.45, 7) is 4.22. The van der Waals surface area contributed by atoms with E-state index < -0.39 is 0 Å². The predicted octanol–water partition coefficient (Wildman–Crippen LogP) is 2.96. The second kappa shape index (κ2) is 2.93. The van der Waals surface area contributed by atoms with Gasteiger partial charge in [0.1, 0.15) is 0 Å². The Morgan fingerprint density at radius 1 is 1.60 bits per heavy atom. The molecule has 3 heteroatoms. The minimum atomic E-state index is 0.921. The normalized spacial score (nSPS) is 10.3. The Balaban J connectivity index is 3.20. The quantitative estimate of drug-likeness (QED) is 0.773. The molecule has 0 saturated heterocycles. The van der Waals surface area contributed by atoms with Crippen molar-refractivity contribution in [3.63, 3.8) is 0 Å². The molecule has 56 valence electrons. The number of hydrogen-bond donors (Lipinski definition) is 1. The average Bonchev–Trinajstić information content (AvgIpc) is 2.09. The summed E-state index contributed by atoms with van der Waals surface area (Å²) in [5.74, 6) is 0. The van der Waals surface area contributed by atoms with E-state index in [9.17, 15) is 0 Å². The highest BCUT2D eigenvalue weighted by Crippen LogP contribution is 2.34. The first-order valence-electron chi connectivity index (χ1n) is 3.20.